The maximum Gasteiger partial charge on any atom is -0.00159 e. The number of hydrogen-bond donors (Lipinski definition) is 0. The second-order valence-corrected chi connectivity index (χ2v) is 4.11. The molecule has 1 nitrogen and oxygen atoms in total. The van der Waals surface area contributed by atoms with Crippen molar-refractivity contribution in [3.05, 3.63) is 30.2 Å². The monoisotopic (exact) mass is 176 g/mol. The summed E-state index contributed by atoms with van der Waals surface area (Å²) in [5.41, 5.74) is 1.58. The van der Waals surface area contributed by atoms with Crippen molar-refractivity contribution in [1.82, 2.24) is 4.90 Å². The number of allylic oxidation sites excluding steroid dienone is 4. The van der Waals surface area contributed by atoms with Crippen LogP contribution in [0, 0.1) is 12.3 Å². The standard InChI is InChI=1S/C12H18N/c1-13-9-7-12(8-10-13)11-5-3-2-4-6-11/h2-3,5-6,12H,4,7-10H2,1H3. The van der Waals surface area contributed by atoms with Crippen molar-refractivity contribution >= 4 is 0 Å². The summed E-state index contributed by atoms with van der Waals surface area (Å²) < 4.78 is 0. The highest BCUT2D eigenvalue weighted by molar-refractivity contribution is 5.28. The maximum absolute atomic E-state index is 2.43. The van der Waals surface area contributed by atoms with Crippen molar-refractivity contribution < 1.29 is 0 Å². The van der Waals surface area contributed by atoms with Gasteiger partial charge in [-0.3, -0.25) is 0 Å². The van der Waals surface area contributed by atoms with Gasteiger partial charge in [0.2, 0.25) is 0 Å². The Balaban J connectivity index is 1.94. The van der Waals surface area contributed by atoms with Crippen LogP contribution in [0.3, 0.4) is 0 Å². The molecule has 0 bridgehead atoms. The Kier molecular flexibility index (Phi) is 2.84. The van der Waals surface area contributed by atoms with Crippen molar-refractivity contribution in [2.45, 2.75) is 19.3 Å². The molecule has 2 rings (SSSR count). The van der Waals surface area contributed by atoms with E-state index in [1.807, 2.05) is 0 Å². The van der Waals surface area contributed by atoms with Crippen LogP contribution >= 0.6 is 0 Å². The zero-order valence-corrected chi connectivity index (χ0v) is 8.37. The first-order valence-corrected chi connectivity index (χ1v) is 5.25. The van der Waals surface area contributed by atoms with Crippen LogP contribution in [0.5, 0.6) is 0 Å². The summed E-state index contributed by atoms with van der Waals surface area (Å²) in [4.78, 5) is 2.43. The Hall–Kier alpha value is -0.560. The van der Waals surface area contributed by atoms with Crippen LogP contribution in [0.4, 0.5) is 0 Å². The van der Waals surface area contributed by atoms with Crippen molar-refractivity contribution in [2.75, 3.05) is 20.1 Å². The minimum absolute atomic E-state index is 0.834. The molecular formula is C12H18N. The van der Waals surface area contributed by atoms with Crippen molar-refractivity contribution in [2.24, 2.45) is 5.92 Å². The minimum Gasteiger partial charge on any atom is -0.306 e. The Labute approximate surface area is 81.1 Å². The Morgan fingerprint density at radius 1 is 1.31 bits per heavy atom. The average Bonchev–Trinajstić information content (AvgIpc) is 2.20. The van der Waals surface area contributed by atoms with Crippen LogP contribution in [-0.2, 0) is 0 Å². The largest absolute Gasteiger partial charge is 0.306 e. The number of hydrogen-bond acceptors (Lipinski definition) is 1. The predicted molar refractivity (Wildman–Crippen MR) is 56.4 cm³/mol. The molecule has 1 fully saturated rings. The summed E-state index contributed by atoms with van der Waals surface area (Å²) in [6.45, 7) is 2.53. The molecule has 1 heteroatoms. The van der Waals surface area contributed by atoms with Crippen molar-refractivity contribution in [3.8, 4) is 0 Å². The smallest absolute Gasteiger partial charge is 0.00159 e. The van der Waals surface area contributed by atoms with Gasteiger partial charge in [0, 0.05) is 0 Å². The second-order valence-electron chi connectivity index (χ2n) is 4.11. The van der Waals surface area contributed by atoms with Gasteiger partial charge in [-0.25, -0.2) is 0 Å². The van der Waals surface area contributed by atoms with Crippen LogP contribution < -0.4 is 0 Å². The summed E-state index contributed by atoms with van der Waals surface area (Å²) in [5.74, 6) is 0.834. The first kappa shape index (κ1) is 9.01. The van der Waals surface area contributed by atoms with E-state index in [0.717, 1.165) is 12.3 Å². The van der Waals surface area contributed by atoms with E-state index in [-0.39, 0.29) is 0 Å². The molecule has 1 heterocycles. The van der Waals surface area contributed by atoms with E-state index in [2.05, 4.69) is 36.6 Å². The molecule has 2 aliphatic rings. The molecule has 0 spiro atoms. The molecule has 13 heavy (non-hydrogen) atoms. The molecule has 0 aromatic heterocycles. The predicted octanol–water partition coefficient (Wildman–Crippen LogP) is 2.42. The van der Waals surface area contributed by atoms with Crippen LogP contribution in [0.15, 0.2) is 23.8 Å². The zero-order valence-electron chi connectivity index (χ0n) is 8.37. The molecule has 0 saturated carbocycles. The molecule has 1 aliphatic carbocycles. The molecular weight excluding hydrogens is 158 g/mol. The minimum atomic E-state index is 0.834. The van der Waals surface area contributed by atoms with E-state index in [1.54, 1.807) is 5.57 Å². The van der Waals surface area contributed by atoms with E-state index in [1.165, 1.54) is 25.9 Å². The van der Waals surface area contributed by atoms with E-state index in [9.17, 15) is 0 Å². The first-order chi connectivity index (χ1) is 6.36. The van der Waals surface area contributed by atoms with Gasteiger partial charge in [0.05, 0.1) is 0 Å². The van der Waals surface area contributed by atoms with Gasteiger partial charge in [-0.1, -0.05) is 18.2 Å². The third-order valence-corrected chi connectivity index (χ3v) is 3.10. The maximum atomic E-state index is 2.43. The lowest BCUT2D eigenvalue weighted by molar-refractivity contribution is 0.239. The van der Waals surface area contributed by atoms with Gasteiger partial charge in [-0.15, -0.1) is 0 Å². The summed E-state index contributed by atoms with van der Waals surface area (Å²) in [5, 5.41) is 0. The number of nitrogens with zero attached hydrogens (tertiary/aromatic N) is 1. The SMILES string of the molecule is CN1CCC(C2=CC[CH]C=C2)CC1. The van der Waals surface area contributed by atoms with E-state index in [4.69, 9.17) is 0 Å². The highest BCUT2D eigenvalue weighted by atomic mass is 15.1. The van der Waals surface area contributed by atoms with Gasteiger partial charge in [0.1, 0.15) is 0 Å². The molecule has 1 aliphatic heterocycles. The second kappa shape index (κ2) is 4.10. The van der Waals surface area contributed by atoms with Crippen LogP contribution in [0.1, 0.15) is 19.3 Å². The summed E-state index contributed by atoms with van der Waals surface area (Å²) in [7, 11) is 2.22. The van der Waals surface area contributed by atoms with Gasteiger partial charge >= 0.3 is 0 Å². The molecule has 0 atom stereocenters. The zero-order chi connectivity index (χ0) is 9.10. The summed E-state index contributed by atoms with van der Waals surface area (Å²) >= 11 is 0. The summed E-state index contributed by atoms with van der Waals surface area (Å²) in [6.07, 6.45) is 12.9. The van der Waals surface area contributed by atoms with Crippen LogP contribution in [0.2, 0.25) is 0 Å². The van der Waals surface area contributed by atoms with Gasteiger partial charge < -0.3 is 4.90 Å². The summed E-state index contributed by atoms with van der Waals surface area (Å²) in [6, 6.07) is 0. The fourth-order valence-corrected chi connectivity index (χ4v) is 2.17. The van der Waals surface area contributed by atoms with E-state index >= 15 is 0 Å². The Morgan fingerprint density at radius 3 is 2.69 bits per heavy atom. The number of rotatable bonds is 1. The number of likely N-dealkylation sites (tertiary alicyclic amines) is 1. The Morgan fingerprint density at radius 2 is 2.08 bits per heavy atom. The van der Waals surface area contributed by atoms with Crippen LogP contribution in [-0.4, -0.2) is 25.0 Å². The van der Waals surface area contributed by atoms with Crippen LogP contribution in [0.25, 0.3) is 0 Å². The molecule has 0 aromatic carbocycles. The highest BCUT2D eigenvalue weighted by Crippen LogP contribution is 2.27. The first-order valence-electron chi connectivity index (χ1n) is 5.25. The van der Waals surface area contributed by atoms with Crippen molar-refractivity contribution in [3.63, 3.8) is 0 Å². The fourth-order valence-electron chi connectivity index (χ4n) is 2.17. The molecule has 1 radical (unpaired) electrons. The van der Waals surface area contributed by atoms with E-state index in [0.29, 0.717) is 0 Å². The lowest BCUT2D eigenvalue weighted by atomic mass is 9.86. The van der Waals surface area contributed by atoms with E-state index < -0.39 is 0 Å². The van der Waals surface area contributed by atoms with Gasteiger partial charge in [0.25, 0.3) is 0 Å². The highest BCUT2D eigenvalue weighted by Gasteiger charge is 2.19. The molecule has 0 unspecified atom stereocenters. The molecule has 0 N–H and O–H groups in total. The number of piperidine rings is 1. The third kappa shape index (κ3) is 2.22. The molecule has 0 aromatic rings. The lowest BCUT2D eigenvalue weighted by Crippen LogP contribution is -2.30. The normalized spacial score (nSPS) is 26.1. The quantitative estimate of drug-likeness (QED) is 0.593. The average molecular weight is 176 g/mol. The van der Waals surface area contributed by atoms with Gasteiger partial charge in [0.15, 0.2) is 0 Å². The molecule has 0 amide bonds. The lowest BCUT2D eigenvalue weighted by Gasteiger charge is -2.30. The fraction of sp³-hybridized carbons (Fsp3) is 0.583. The Bertz CT molecular complexity index is 219. The van der Waals surface area contributed by atoms with Gasteiger partial charge in [-0.2, -0.15) is 0 Å². The van der Waals surface area contributed by atoms with Gasteiger partial charge in [-0.05, 0) is 57.3 Å². The molecule has 71 valence electrons. The topological polar surface area (TPSA) is 3.24 Å². The molecule has 1 saturated heterocycles. The van der Waals surface area contributed by atoms with Crippen molar-refractivity contribution in [1.29, 1.82) is 0 Å². The third-order valence-electron chi connectivity index (χ3n) is 3.10.